The summed E-state index contributed by atoms with van der Waals surface area (Å²) < 4.78 is 18.0. The number of amides is 1. The van der Waals surface area contributed by atoms with E-state index in [2.05, 4.69) is 5.32 Å². The molecule has 4 N–H and O–H groups in total. The molecule has 1 amide bonds. The molecule has 9 atom stereocenters. The first-order valence-corrected chi connectivity index (χ1v) is 16.8. The number of ether oxygens (including phenoxy) is 3. The molecule has 1 saturated heterocycles. The number of aliphatic hydroxyl groups is 3. The van der Waals surface area contributed by atoms with E-state index in [1.54, 1.807) is 88.4 Å². The molecule has 49 heavy (non-hydrogen) atoms. The topological polar surface area (TPSA) is 169 Å². The minimum absolute atomic E-state index is 0.0930. The number of carbonyl (C=O) groups excluding carboxylic acids is 4. The zero-order valence-corrected chi connectivity index (χ0v) is 28.5. The lowest BCUT2D eigenvalue weighted by Crippen LogP contribution is -2.77. The molecule has 2 aromatic rings. The van der Waals surface area contributed by atoms with Crippen molar-refractivity contribution in [3.05, 3.63) is 82.9 Å². The summed E-state index contributed by atoms with van der Waals surface area (Å²) >= 11 is 0. The quantitative estimate of drug-likeness (QED) is 0.252. The molecule has 0 spiro atoms. The summed E-state index contributed by atoms with van der Waals surface area (Å²) in [5.41, 5.74) is -4.17. The molecule has 262 valence electrons. The lowest BCUT2D eigenvalue weighted by molar-refractivity contribution is -0.328. The fourth-order valence-corrected chi connectivity index (χ4v) is 8.78. The van der Waals surface area contributed by atoms with Gasteiger partial charge in [0, 0.05) is 36.5 Å². The van der Waals surface area contributed by atoms with E-state index in [9.17, 15) is 34.5 Å². The van der Waals surface area contributed by atoms with Crippen molar-refractivity contribution < 1.29 is 48.7 Å². The van der Waals surface area contributed by atoms with Crippen LogP contribution >= 0.6 is 0 Å². The third-order valence-corrected chi connectivity index (χ3v) is 11.8. The van der Waals surface area contributed by atoms with Gasteiger partial charge in [-0.1, -0.05) is 74.9 Å². The molecule has 2 saturated carbocycles. The average molecular weight is 676 g/mol. The zero-order chi connectivity index (χ0) is 35.5. The number of esters is 2. The Balaban J connectivity index is 1.44. The highest BCUT2D eigenvalue weighted by atomic mass is 16.6. The summed E-state index contributed by atoms with van der Waals surface area (Å²) in [6.45, 7) is 8.20. The van der Waals surface area contributed by atoms with Crippen LogP contribution in [0.5, 0.6) is 0 Å². The van der Waals surface area contributed by atoms with Crippen LogP contribution in [0, 0.1) is 16.7 Å². The molecule has 0 aromatic heterocycles. The molecule has 1 heterocycles. The number of Topliss-reactive ketones (excluding diaryl/α,β-unsaturated/α-hetero) is 1. The molecule has 11 heteroatoms. The van der Waals surface area contributed by atoms with Gasteiger partial charge in [0.25, 0.3) is 0 Å². The van der Waals surface area contributed by atoms with Crippen LogP contribution in [0.1, 0.15) is 82.3 Å². The number of aliphatic hydroxyl groups excluding tert-OH is 1. The van der Waals surface area contributed by atoms with Crippen molar-refractivity contribution in [3.8, 4) is 0 Å². The Morgan fingerprint density at radius 3 is 2.20 bits per heavy atom. The molecular weight excluding hydrogens is 630 g/mol. The van der Waals surface area contributed by atoms with Crippen molar-refractivity contribution >= 4 is 23.6 Å². The maximum Gasteiger partial charge on any atom is 0.338 e. The first-order valence-electron chi connectivity index (χ1n) is 16.8. The number of ketones is 1. The van der Waals surface area contributed by atoms with Gasteiger partial charge in [0.2, 0.25) is 5.91 Å². The van der Waals surface area contributed by atoms with Crippen molar-refractivity contribution in [1.29, 1.82) is 0 Å². The van der Waals surface area contributed by atoms with Crippen LogP contribution in [0.3, 0.4) is 0 Å². The van der Waals surface area contributed by atoms with E-state index in [0.717, 1.165) is 0 Å². The SMILES string of the molecule is CC(=O)NC(c1ccccc1)C(O)C(=O)OC1CC2(O)C(OC(=O)c3ccccc3)C3C4(O)COC4CC[C@@]3(C)C(=O)CC(=C1C)C2(C)C. The van der Waals surface area contributed by atoms with E-state index < -0.39 is 76.3 Å². The molecule has 1 aliphatic heterocycles. The number of rotatable bonds is 7. The van der Waals surface area contributed by atoms with E-state index >= 15 is 0 Å². The predicted molar refractivity (Wildman–Crippen MR) is 176 cm³/mol. The average Bonchev–Trinajstić information content (AvgIpc) is 3.06. The van der Waals surface area contributed by atoms with Gasteiger partial charge in [0.05, 0.1) is 24.3 Å². The maximum absolute atomic E-state index is 14.5. The smallest absolute Gasteiger partial charge is 0.338 e. The molecule has 8 unspecified atom stereocenters. The summed E-state index contributed by atoms with van der Waals surface area (Å²) in [4.78, 5) is 54.1. The fraction of sp³-hybridized carbons (Fsp3) is 0.526. The summed E-state index contributed by atoms with van der Waals surface area (Å²) in [7, 11) is 0. The van der Waals surface area contributed by atoms with Crippen molar-refractivity contribution in [2.45, 2.75) is 102 Å². The van der Waals surface area contributed by atoms with Crippen LogP contribution in [-0.4, -0.2) is 81.2 Å². The van der Waals surface area contributed by atoms with Gasteiger partial charge in [0.15, 0.2) is 6.10 Å². The van der Waals surface area contributed by atoms with Crippen molar-refractivity contribution in [1.82, 2.24) is 5.32 Å². The Hall–Kier alpha value is -3.90. The van der Waals surface area contributed by atoms with E-state index in [1.165, 1.54) is 6.92 Å². The van der Waals surface area contributed by atoms with Gasteiger partial charge in [-0.3, -0.25) is 9.59 Å². The normalized spacial score (nSPS) is 34.5. The van der Waals surface area contributed by atoms with Crippen LogP contribution in [0.25, 0.3) is 0 Å². The van der Waals surface area contributed by atoms with E-state index in [1.807, 2.05) is 0 Å². The molecule has 11 nitrogen and oxygen atoms in total. The van der Waals surface area contributed by atoms with E-state index in [4.69, 9.17) is 14.2 Å². The molecule has 6 rings (SSSR count). The molecule has 2 bridgehead atoms. The van der Waals surface area contributed by atoms with Crippen LogP contribution < -0.4 is 5.32 Å². The molecule has 3 aliphatic carbocycles. The van der Waals surface area contributed by atoms with Crippen LogP contribution in [0.4, 0.5) is 0 Å². The third-order valence-electron chi connectivity index (χ3n) is 11.8. The first kappa shape index (κ1) is 34.9. The summed E-state index contributed by atoms with van der Waals surface area (Å²) in [6, 6.07) is 15.7. The first-order chi connectivity index (χ1) is 23.0. The molecule has 0 radical (unpaired) electrons. The zero-order valence-electron chi connectivity index (χ0n) is 28.5. The second-order valence-corrected chi connectivity index (χ2v) is 14.9. The van der Waals surface area contributed by atoms with Gasteiger partial charge in [-0.15, -0.1) is 0 Å². The highest BCUT2D eigenvalue weighted by Gasteiger charge is 2.73. The van der Waals surface area contributed by atoms with E-state index in [-0.39, 0.29) is 30.8 Å². The van der Waals surface area contributed by atoms with Gasteiger partial charge in [-0.25, -0.2) is 9.59 Å². The second kappa shape index (κ2) is 12.5. The van der Waals surface area contributed by atoms with Crippen LogP contribution in [0.15, 0.2) is 71.8 Å². The number of nitrogens with one attached hydrogen (secondary N) is 1. The Labute approximate surface area is 285 Å². The van der Waals surface area contributed by atoms with Crippen molar-refractivity contribution in [2.75, 3.05) is 6.61 Å². The summed E-state index contributed by atoms with van der Waals surface area (Å²) in [5.74, 6) is -3.51. The molecule has 4 aliphatic rings. The van der Waals surface area contributed by atoms with Crippen LogP contribution in [-0.2, 0) is 28.6 Å². The lowest BCUT2D eigenvalue weighted by Gasteiger charge is -2.65. The highest BCUT2D eigenvalue weighted by Crippen LogP contribution is 2.63. The van der Waals surface area contributed by atoms with Crippen molar-refractivity contribution in [3.63, 3.8) is 0 Å². The number of fused-ring (bicyclic) bond motifs is 5. The second-order valence-electron chi connectivity index (χ2n) is 14.9. The maximum atomic E-state index is 14.5. The Kier molecular flexibility index (Phi) is 8.88. The number of hydrogen-bond acceptors (Lipinski definition) is 10. The van der Waals surface area contributed by atoms with Gasteiger partial charge in [-0.2, -0.15) is 0 Å². The Bertz CT molecular complexity index is 1670. The number of benzene rings is 2. The van der Waals surface area contributed by atoms with Gasteiger partial charge in [0.1, 0.15) is 29.2 Å². The lowest BCUT2D eigenvalue weighted by atomic mass is 9.46. The predicted octanol–water partition coefficient (Wildman–Crippen LogP) is 3.36. The third kappa shape index (κ3) is 5.60. The van der Waals surface area contributed by atoms with Gasteiger partial charge >= 0.3 is 11.9 Å². The standard InChI is InChI=1S/C38H45NO10/c1-21-25-18-27(41)36(5)17-16-28-37(45,20-47-28)31(36)32(49-33(43)24-14-10-7-11-15-24)38(46,35(25,3)4)19-26(21)48-34(44)30(42)29(39-22(2)40)23-12-8-6-9-13-23/h6-15,26,28-32,42,45-46H,16-20H2,1-5H3,(H,39,40)/t26?,28?,29?,30?,31?,32?,36-,37?,38?/m0/s1. The van der Waals surface area contributed by atoms with Crippen molar-refractivity contribution in [2.24, 2.45) is 16.7 Å². The minimum Gasteiger partial charge on any atom is -0.456 e. The molecule has 2 aromatic carbocycles. The van der Waals surface area contributed by atoms with Gasteiger partial charge in [-0.05, 0) is 43.0 Å². The number of hydrogen-bond donors (Lipinski definition) is 4. The van der Waals surface area contributed by atoms with Crippen LogP contribution in [0.2, 0.25) is 0 Å². The summed E-state index contributed by atoms with van der Waals surface area (Å²) in [5, 5.41) is 39.2. The Morgan fingerprint density at radius 1 is 0.980 bits per heavy atom. The number of carbonyl (C=O) groups is 4. The fourth-order valence-electron chi connectivity index (χ4n) is 8.78. The molecular formula is C38H45NO10. The molecule has 3 fully saturated rings. The van der Waals surface area contributed by atoms with Gasteiger partial charge < -0.3 is 34.8 Å². The summed E-state index contributed by atoms with van der Waals surface area (Å²) in [6.07, 6.45) is -4.61. The highest BCUT2D eigenvalue weighted by molar-refractivity contribution is 5.91. The van der Waals surface area contributed by atoms with E-state index in [0.29, 0.717) is 29.6 Å². The monoisotopic (exact) mass is 675 g/mol. The largest absolute Gasteiger partial charge is 0.456 e. The Morgan fingerprint density at radius 2 is 1.61 bits per heavy atom. The minimum atomic E-state index is -1.97.